The highest BCUT2D eigenvalue weighted by atomic mass is 16.4. The van der Waals surface area contributed by atoms with Crippen molar-refractivity contribution in [1.29, 1.82) is 0 Å². The SMILES string of the molecule is CCCCCCCC(CCCCCC)([NH2+]C)C(=O)[O-]. The van der Waals surface area contributed by atoms with Gasteiger partial charge in [-0.15, -0.1) is 0 Å². The molecule has 0 saturated heterocycles. The number of carboxylic acid groups (broad SMARTS) is 1. The smallest absolute Gasteiger partial charge is 0.136 e. The van der Waals surface area contributed by atoms with Crippen LogP contribution in [0.5, 0.6) is 0 Å². The molecule has 1 unspecified atom stereocenters. The van der Waals surface area contributed by atoms with Crippen molar-refractivity contribution < 1.29 is 15.2 Å². The Kier molecular flexibility index (Phi) is 10.9. The number of quaternary nitrogens is 1. The first-order valence-corrected chi connectivity index (χ1v) is 8.15. The molecule has 114 valence electrons. The van der Waals surface area contributed by atoms with Gasteiger partial charge in [-0.25, -0.2) is 0 Å². The predicted octanol–water partition coefficient (Wildman–Crippen LogP) is 2.00. The maximum absolute atomic E-state index is 11.5. The lowest BCUT2D eigenvalue weighted by molar-refractivity contribution is -0.698. The Labute approximate surface area is 119 Å². The lowest BCUT2D eigenvalue weighted by Gasteiger charge is -2.31. The van der Waals surface area contributed by atoms with Gasteiger partial charge in [0, 0.05) is 12.8 Å². The number of carbonyl (C=O) groups excluding carboxylic acids is 1. The molecule has 19 heavy (non-hydrogen) atoms. The van der Waals surface area contributed by atoms with Crippen LogP contribution in [0.15, 0.2) is 0 Å². The summed E-state index contributed by atoms with van der Waals surface area (Å²) in [6, 6.07) is 0. The Hall–Kier alpha value is -0.570. The third-order valence-corrected chi connectivity index (χ3v) is 4.16. The van der Waals surface area contributed by atoms with Crippen molar-refractivity contribution in [2.75, 3.05) is 7.05 Å². The highest BCUT2D eigenvalue weighted by molar-refractivity contribution is 5.74. The van der Waals surface area contributed by atoms with Crippen LogP contribution < -0.4 is 10.4 Å². The Morgan fingerprint density at radius 2 is 1.32 bits per heavy atom. The molecule has 0 aliphatic heterocycles. The molecule has 0 aromatic heterocycles. The summed E-state index contributed by atoms with van der Waals surface area (Å²) in [5.41, 5.74) is -0.681. The average Bonchev–Trinajstić information content (AvgIpc) is 2.41. The van der Waals surface area contributed by atoms with Crippen LogP contribution >= 0.6 is 0 Å². The van der Waals surface area contributed by atoms with E-state index >= 15 is 0 Å². The van der Waals surface area contributed by atoms with Crippen LogP contribution in [-0.4, -0.2) is 18.6 Å². The first-order valence-electron chi connectivity index (χ1n) is 8.15. The zero-order valence-corrected chi connectivity index (χ0v) is 13.2. The Bertz CT molecular complexity index is 231. The third kappa shape index (κ3) is 7.56. The topological polar surface area (TPSA) is 56.7 Å². The molecule has 0 aromatic carbocycles. The zero-order valence-electron chi connectivity index (χ0n) is 13.2. The normalized spacial score (nSPS) is 14.3. The van der Waals surface area contributed by atoms with Crippen molar-refractivity contribution in [2.24, 2.45) is 0 Å². The number of rotatable bonds is 13. The molecule has 0 spiro atoms. The average molecular weight is 271 g/mol. The second-order valence-corrected chi connectivity index (χ2v) is 5.71. The second-order valence-electron chi connectivity index (χ2n) is 5.71. The summed E-state index contributed by atoms with van der Waals surface area (Å²) in [6.07, 6.45) is 11.9. The van der Waals surface area contributed by atoms with E-state index in [1.807, 2.05) is 12.4 Å². The number of nitrogens with two attached hydrogens (primary N) is 1. The molecule has 2 N–H and O–H groups in total. The molecule has 0 fully saturated rings. The molecule has 0 heterocycles. The number of unbranched alkanes of at least 4 members (excludes halogenated alkanes) is 7. The van der Waals surface area contributed by atoms with E-state index in [-0.39, 0.29) is 0 Å². The van der Waals surface area contributed by atoms with E-state index < -0.39 is 11.5 Å². The molecule has 0 aromatic rings. The van der Waals surface area contributed by atoms with E-state index in [1.165, 1.54) is 32.1 Å². The molecule has 0 aliphatic carbocycles. The van der Waals surface area contributed by atoms with Gasteiger partial charge in [0.1, 0.15) is 11.5 Å². The summed E-state index contributed by atoms with van der Waals surface area (Å²) in [5, 5.41) is 13.4. The van der Waals surface area contributed by atoms with Gasteiger partial charge in [-0.3, -0.25) is 0 Å². The summed E-state index contributed by atoms with van der Waals surface area (Å²) >= 11 is 0. The molecule has 0 rings (SSSR count). The Balaban J connectivity index is 4.14. The fourth-order valence-corrected chi connectivity index (χ4v) is 2.65. The summed E-state index contributed by atoms with van der Waals surface area (Å²) in [4.78, 5) is 11.5. The van der Waals surface area contributed by atoms with Gasteiger partial charge >= 0.3 is 0 Å². The van der Waals surface area contributed by atoms with Gasteiger partial charge in [0.15, 0.2) is 0 Å². The van der Waals surface area contributed by atoms with E-state index in [1.54, 1.807) is 0 Å². The van der Waals surface area contributed by atoms with E-state index in [4.69, 9.17) is 0 Å². The highest BCUT2D eigenvalue weighted by Crippen LogP contribution is 2.19. The summed E-state index contributed by atoms with van der Waals surface area (Å²) in [7, 11) is 1.88. The van der Waals surface area contributed by atoms with Crippen LogP contribution in [-0.2, 0) is 4.79 Å². The fourth-order valence-electron chi connectivity index (χ4n) is 2.65. The van der Waals surface area contributed by atoms with Gasteiger partial charge in [-0.2, -0.15) is 0 Å². The predicted molar refractivity (Wildman–Crippen MR) is 77.7 cm³/mol. The molecule has 0 aliphatic rings. The van der Waals surface area contributed by atoms with E-state index in [0.29, 0.717) is 0 Å². The lowest BCUT2D eigenvalue weighted by atomic mass is 9.86. The summed E-state index contributed by atoms with van der Waals surface area (Å²) in [5.74, 6) is -0.873. The van der Waals surface area contributed by atoms with E-state index in [2.05, 4.69) is 13.8 Å². The molecule has 3 heteroatoms. The van der Waals surface area contributed by atoms with Crippen LogP contribution in [0.25, 0.3) is 0 Å². The van der Waals surface area contributed by atoms with Crippen LogP contribution in [0, 0.1) is 0 Å². The lowest BCUT2D eigenvalue weighted by Crippen LogP contribution is -2.97. The number of carboxylic acids is 1. The molecular formula is C16H33NO2. The summed E-state index contributed by atoms with van der Waals surface area (Å²) < 4.78 is 0. The minimum Gasteiger partial charge on any atom is -0.544 e. The highest BCUT2D eigenvalue weighted by Gasteiger charge is 2.32. The van der Waals surface area contributed by atoms with Crippen molar-refractivity contribution in [3.8, 4) is 0 Å². The number of carbonyl (C=O) groups is 1. The fraction of sp³-hybridized carbons (Fsp3) is 0.938. The number of hydrogen-bond acceptors (Lipinski definition) is 2. The van der Waals surface area contributed by atoms with Crippen LogP contribution in [0.2, 0.25) is 0 Å². The van der Waals surface area contributed by atoms with Crippen molar-refractivity contribution in [2.45, 2.75) is 90.0 Å². The van der Waals surface area contributed by atoms with Gasteiger partial charge in [0.2, 0.25) is 0 Å². The van der Waals surface area contributed by atoms with Gasteiger partial charge in [0.25, 0.3) is 0 Å². The quantitative estimate of drug-likeness (QED) is 0.521. The van der Waals surface area contributed by atoms with Crippen molar-refractivity contribution >= 4 is 5.97 Å². The van der Waals surface area contributed by atoms with E-state index in [0.717, 1.165) is 38.5 Å². The van der Waals surface area contributed by atoms with Gasteiger partial charge < -0.3 is 15.2 Å². The monoisotopic (exact) mass is 271 g/mol. The maximum atomic E-state index is 11.5. The molecular weight excluding hydrogens is 238 g/mol. The van der Waals surface area contributed by atoms with E-state index in [9.17, 15) is 9.90 Å². The number of aliphatic carboxylic acids is 1. The Morgan fingerprint density at radius 1 is 0.895 bits per heavy atom. The largest absolute Gasteiger partial charge is 0.544 e. The van der Waals surface area contributed by atoms with Crippen LogP contribution in [0.3, 0.4) is 0 Å². The van der Waals surface area contributed by atoms with Crippen molar-refractivity contribution in [3.05, 3.63) is 0 Å². The van der Waals surface area contributed by atoms with Crippen molar-refractivity contribution in [3.63, 3.8) is 0 Å². The second kappa shape index (κ2) is 11.3. The first-order chi connectivity index (χ1) is 9.13. The molecule has 0 amide bonds. The van der Waals surface area contributed by atoms with Gasteiger partial charge in [-0.05, 0) is 12.8 Å². The van der Waals surface area contributed by atoms with Gasteiger partial charge in [0.05, 0.1) is 7.05 Å². The molecule has 0 bridgehead atoms. The number of likely N-dealkylation sites (N-methyl/N-ethyl adjacent to an activating group) is 1. The molecule has 0 saturated carbocycles. The summed E-state index contributed by atoms with van der Waals surface area (Å²) in [6.45, 7) is 4.37. The van der Waals surface area contributed by atoms with Crippen LogP contribution in [0.4, 0.5) is 0 Å². The zero-order chi connectivity index (χ0) is 14.6. The van der Waals surface area contributed by atoms with Crippen molar-refractivity contribution in [1.82, 2.24) is 0 Å². The van der Waals surface area contributed by atoms with Gasteiger partial charge in [-0.1, -0.05) is 58.8 Å². The first kappa shape index (κ1) is 18.4. The standard InChI is InChI=1S/C16H33NO2/c1-4-6-8-10-12-14-16(17-3,15(18)19)13-11-9-7-5-2/h17H,4-14H2,1-3H3,(H,18,19). The Morgan fingerprint density at radius 3 is 1.68 bits per heavy atom. The third-order valence-electron chi connectivity index (χ3n) is 4.16. The number of hydrogen-bond donors (Lipinski definition) is 1. The molecule has 1 atom stereocenters. The molecule has 0 radical (unpaired) electrons. The minimum atomic E-state index is -0.873. The minimum absolute atomic E-state index is 0.681. The van der Waals surface area contributed by atoms with Crippen LogP contribution in [0.1, 0.15) is 84.5 Å². The maximum Gasteiger partial charge on any atom is 0.136 e. The molecule has 3 nitrogen and oxygen atoms in total.